The number of nitro benzene ring substituents is 1. The highest BCUT2D eigenvalue weighted by molar-refractivity contribution is 6.09. The Morgan fingerprint density at radius 3 is 2.61 bits per heavy atom. The number of phenols is 1. The molecule has 9 heteroatoms. The van der Waals surface area contributed by atoms with Crippen LogP contribution in [0.2, 0.25) is 0 Å². The Morgan fingerprint density at radius 1 is 1.18 bits per heavy atom. The average Bonchev–Trinajstić information content (AvgIpc) is 2.83. The number of carbonyl (C=O) groups excluding carboxylic acids is 1. The van der Waals surface area contributed by atoms with Crippen molar-refractivity contribution in [3.05, 3.63) is 93.5 Å². The van der Waals surface area contributed by atoms with Gasteiger partial charge >= 0.3 is 0 Å². The van der Waals surface area contributed by atoms with Gasteiger partial charge in [-0.15, -0.1) is 0 Å². The Morgan fingerprint density at radius 2 is 1.94 bits per heavy atom. The Bertz CT molecular complexity index is 1250. The molecular weight excluding hydrogens is 426 g/mol. The summed E-state index contributed by atoms with van der Waals surface area (Å²) in [5, 5.41) is 32.4. The molecule has 0 heterocycles. The summed E-state index contributed by atoms with van der Waals surface area (Å²) < 4.78 is 11.1. The van der Waals surface area contributed by atoms with Crippen molar-refractivity contribution >= 4 is 23.4 Å². The second-order valence-electron chi connectivity index (χ2n) is 6.79. The highest BCUT2D eigenvalue weighted by atomic mass is 16.6. The van der Waals surface area contributed by atoms with Crippen LogP contribution in [-0.2, 0) is 11.4 Å². The minimum absolute atomic E-state index is 0.0251. The van der Waals surface area contributed by atoms with Crippen LogP contribution in [0.15, 0.2) is 72.3 Å². The van der Waals surface area contributed by atoms with Gasteiger partial charge in [-0.05, 0) is 48.0 Å². The summed E-state index contributed by atoms with van der Waals surface area (Å²) in [6.45, 7) is 0.0251. The van der Waals surface area contributed by atoms with Crippen LogP contribution in [-0.4, -0.2) is 23.0 Å². The molecule has 2 N–H and O–H groups in total. The van der Waals surface area contributed by atoms with Gasteiger partial charge in [-0.2, -0.15) is 5.26 Å². The molecule has 33 heavy (non-hydrogen) atoms. The zero-order valence-electron chi connectivity index (χ0n) is 17.5. The normalized spacial score (nSPS) is 10.7. The van der Waals surface area contributed by atoms with E-state index in [2.05, 4.69) is 5.32 Å². The van der Waals surface area contributed by atoms with Crippen LogP contribution in [0.5, 0.6) is 17.2 Å². The van der Waals surface area contributed by atoms with Gasteiger partial charge in [0.1, 0.15) is 35.5 Å². The van der Waals surface area contributed by atoms with Gasteiger partial charge in [0.2, 0.25) is 0 Å². The molecule has 3 rings (SSSR count). The van der Waals surface area contributed by atoms with Gasteiger partial charge in [-0.25, -0.2) is 0 Å². The van der Waals surface area contributed by atoms with Gasteiger partial charge in [0.15, 0.2) is 0 Å². The number of benzene rings is 3. The highest BCUT2D eigenvalue weighted by Gasteiger charge is 2.13. The van der Waals surface area contributed by atoms with Gasteiger partial charge in [0.25, 0.3) is 11.6 Å². The summed E-state index contributed by atoms with van der Waals surface area (Å²) in [6.07, 6.45) is 1.37. The minimum Gasteiger partial charge on any atom is -0.508 e. The van der Waals surface area contributed by atoms with Crippen molar-refractivity contribution in [3.63, 3.8) is 0 Å². The third kappa shape index (κ3) is 6.08. The number of aromatic hydroxyl groups is 1. The number of hydrogen-bond acceptors (Lipinski definition) is 7. The molecule has 3 aromatic carbocycles. The Balaban J connectivity index is 1.85. The lowest BCUT2D eigenvalue weighted by Crippen LogP contribution is -2.13. The number of phenolic OH excluding ortho intramolecular Hbond substituents is 1. The van der Waals surface area contributed by atoms with Gasteiger partial charge in [-0.3, -0.25) is 14.9 Å². The first-order chi connectivity index (χ1) is 15.9. The molecule has 0 bridgehead atoms. The molecule has 166 valence electrons. The van der Waals surface area contributed by atoms with Gasteiger partial charge in [-0.1, -0.05) is 12.1 Å². The van der Waals surface area contributed by atoms with Crippen LogP contribution in [0, 0.1) is 21.4 Å². The summed E-state index contributed by atoms with van der Waals surface area (Å²) in [5.41, 5.74) is 1.20. The first kappa shape index (κ1) is 22.8. The van der Waals surface area contributed by atoms with Crippen molar-refractivity contribution in [2.75, 3.05) is 12.4 Å². The first-order valence-electron chi connectivity index (χ1n) is 9.66. The molecule has 0 aliphatic heterocycles. The monoisotopic (exact) mass is 445 g/mol. The molecule has 0 spiro atoms. The van der Waals surface area contributed by atoms with E-state index in [1.165, 1.54) is 49.6 Å². The van der Waals surface area contributed by atoms with Crippen LogP contribution in [0.4, 0.5) is 11.4 Å². The fourth-order valence-corrected chi connectivity index (χ4v) is 2.85. The molecule has 0 aliphatic carbocycles. The van der Waals surface area contributed by atoms with E-state index in [4.69, 9.17) is 9.47 Å². The van der Waals surface area contributed by atoms with E-state index in [1.807, 2.05) is 6.07 Å². The van der Waals surface area contributed by atoms with E-state index >= 15 is 0 Å². The van der Waals surface area contributed by atoms with Crippen molar-refractivity contribution in [3.8, 4) is 23.3 Å². The quantitative estimate of drug-likeness (QED) is 0.172. The number of methoxy groups -OCH3 is 1. The van der Waals surface area contributed by atoms with Crippen molar-refractivity contribution in [1.29, 1.82) is 5.26 Å². The van der Waals surface area contributed by atoms with Gasteiger partial charge in [0, 0.05) is 29.4 Å². The average molecular weight is 445 g/mol. The van der Waals surface area contributed by atoms with E-state index in [-0.39, 0.29) is 23.6 Å². The third-order valence-electron chi connectivity index (χ3n) is 4.53. The molecule has 1 amide bonds. The molecule has 9 nitrogen and oxygen atoms in total. The molecule has 0 atom stereocenters. The molecule has 0 fully saturated rings. The summed E-state index contributed by atoms with van der Waals surface area (Å²) in [7, 11) is 1.49. The van der Waals surface area contributed by atoms with Gasteiger partial charge < -0.3 is 19.9 Å². The summed E-state index contributed by atoms with van der Waals surface area (Å²) in [5.74, 6) is 0.232. The van der Waals surface area contributed by atoms with Gasteiger partial charge in [0.05, 0.1) is 12.0 Å². The van der Waals surface area contributed by atoms with Crippen molar-refractivity contribution < 1.29 is 24.3 Å². The Hall–Kier alpha value is -4.84. The largest absolute Gasteiger partial charge is 0.508 e. The minimum atomic E-state index is -0.636. The van der Waals surface area contributed by atoms with Crippen LogP contribution in [0.3, 0.4) is 0 Å². The van der Waals surface area contributed by atoms with Crippen molar-refractivity contribution in [2.45, 2.75) is 6.61 Å². The molecule has 0 aliphatic rings. The summed E-state index contributed by atoms with van der Waals surface area (Å²) in [4.78, 5) is 23.1. The predicted molar refractivity (Wildman–Crippen MR) is 121 cm³/mol. The maximum absolute atomic E-state index is 12.6. The number of ether oxygens (including phenoxy) is 2. The number of amides is 1. The van der Waals surface area contributed by atoms with Crippen LogP contribution in [0.1, 0.15) is 11.1 Å². The molecule has 0 aromatic heterocycles. The van der Waals surface area contributed by atoms with Crippen LogP contribution in [0.25, 0.3) is 6.08 Å². The number of nitro groups is 1. The fraction of sp³-hybridized carbons (Fsp3) is 0.0833. The molecular formula is C24H19N3O6. The Labute approximate surface area is 189 Å². The van der Waals surface area contributed by atoms with E-state index in [0.29, 0.717) is 28.3 Å². The number of hydrogen-bond donors (Lipinski definition) is 2. The second kappa shape index (κ2) is 10.5. The lowest BCUT2D eigenvalue weighted by atomic mass is 10.1. The molecule has 0 saturated carbocycles. The van der Waals surface area contributed by atoms with Crippen molar-refractivity contribution in [1.82, 2.24) is 0 Å². The molecule has 0 unspecified atom stereocenters. The number of nitrogens with zero attached hydrogens (tertiary/aromatic N) is 2. The zero-order valence-corrected chi connectivity index (χ0v) is 17.5. The lowest BCUT2D eigenvalue weighted by Gasteiger charge is -2.12. The molecule has 0 radical (unpaired) electrons. The second-order valence-corrected chi connectivity index (χ2v) is 6.79. The fourth-order valence-electron chi connectivity index (χ4n) is 2.85. The standard InChI is InChI=1S/C24H19N3O6/c1-32-22-10-5-17(12-18(14-25)24(29)26-19-6-8-21(28)9-7-19)23(13-22)33-15-16-3-2-4-20(11-16)27(30)31/h2-13,28H,15H2,1H3,(H,26,29)/b18-12+. The summed E-state index contributed by atoms with van der Waals surface area (Å²) in [6, 6.07) is 18.6. The van der Waals surface area contributed by atoms with Crippen LogP contribution >= 0.6 is 0 Å². The SMILES string of the molecule is COc1ccc(/C=C(\C#N)C(=O)Nc2ccc(O)cc2)c(OCc2cccc([N+](=O)[O-])c2)c1. The summed E-state index contributed by atoms with van der Waals surface area (Å²) >= 11 is 0. The number of rotatable bonds is 8. The number of carbonyl (C=O) groups is 1. The highest BCUT2D eigenvalue weighted by Crippen LogP contribution is 2.28. The zero-order chi connectivity index (χ0) is 23.8. The third-order valence-corrected chi connectivity index (χ3v) is 4.53. The van der Waals surface area contributed by atoms with Crippen molar-refractivity contribution in [2.24, 2.45) is 0 Å². The smallest absolute Gasteiger partial charge is 0.269 e. The molecule has 0 saturated heterocycles. The number of nitrogens with one attached hydrogen (secondary N) is 1. The number of anilines is 1. The topological polar surface area (TPSA) is 135 Å². The maximum Gasteiger partial charge on any atom is 0.269 e. The van der Waals surface area contributed by atoms with Crippen LogP contribution < -0.4 is 14.8 Å². The first-order valence-corrected chi connectivity index (χ1v) is 9.66. The van der Waals surface area contributed by atoms with E-state index in [1.54, 1.807) is 30.3 Å². The number of non-ortho nitro benzene ring substituents is 1. The predicted octanol–water partition coefficient (Wildman–Crippen LogP) is 4.43. The maximum atomic E-state index is 12.6. The lowest BCUT2D eigenvalue weighted by molar-refractivity contribution is -0.384. The Kier molecular flexibility index (Phi) is 7.24. The van der Waals surface area contributed by atoms with E-state index in [0.717, 1.165) is 0 Å². The molecule has 3 aromatic rings. The number of nitriles is 1. The van der Waals surface area contributed by atoms with E-state index in [9.17, 15) is 25.3 Å². The van der Waals surface area contributed by atoms with E-state index < -0.39 is 10.8 Å².